The van der Waals surface area contributed by atoms with Gasteiger partial charge in [-0.15, -0.1) is 0 Å². The molecule has 0 spiro atoms. The molecule has 0 unspecified atom stereocenters. The van der Waals surface area contributed by atoms with Crippen LogP contribution < -0.4 is 5.32 Å². The summed E-state index contributed by atoms with van der Waals surface area (Å²) in [7, 11) is 0. The Bertz CT molecular complexity index is 599. The first kappa shape index (κ1) is 14.3. The predicted octanol–water partition coefficient (Wildman–Crippen LogP) is 4.16. The van der Waals surface area contributed by atoms with E-state index in [1.54, 1.807) is 0 Å². The van der Waals surface area contributed by atoms with E-state index in [0.29, 0.717) is 6.54 Å². The van der Waals surface area contributed by atoms with Gasteiger partial charge >= 0.3 is 0 Å². The number of nitrogens with one attached hydrogen (secondary N) is 1. The second-order valence-corrected chi connectivity index (χ2v) is 5.13. The molecule has 0 aliphatic rings. The summed E-state index contributed by atoms with van der Waals surface area (Å²) in [6.07, 6.45) is 1.03. The first-order valence-electron chi connectivity index (χ1n) is 7.03. The maximum atomic E-state index is 12.1. The second kappa shape index (κ2) is 6.38. The number of rotatable bonds is 5. The van der Waals surface area contributed by atoms with Crippen LogP contribution in [0.4, 0.5) is 5.69 Å². The highest BCUT2D eigenvalue weighted by Crippen LogP contribution is 2.12. The van der Waals surface area contributed by atoms with Crippen LogP contribution in [0.1, 0.15) is 34.0 Å². The maximum Gasteiger partial charge on any atom is 0.181 e. The van der Waals surface area contributed by atoms with Crippen molar-refractivity contribution < 1.29 is 4.79 Å². The Kier molecular flexibility index (Phi) is 4.57. The van der Waals surface area contributed by atoms with Crippen molar-refractivity contribution in [2.45, 2.75) is 27.2 Å². The lowest BCUT2D eigenvalue weighted by Gasteiger charge is -2.08. The van der Waals surface area contributed by atoms with E-state index in [1.165, 1.54) is 11.1 Å². The van der Waals surface area contributed by atoms with Crippen molar-refractivity contribution in [1.82, 2.24) is 0 Å². The van der Waals surface area contributed by atoms with E-state index >= 15 is 0 Å². The van der Waals surface area contributed by atoms with Crippen LogP contribution in [0.5, 0.6) is 0 Å². The minimum absolute atomic E-state index is 0.118. The van der Waals surface area contributed by atoms with Gasteiger partial charge in [-0.3, -0.25) is 4.79 Å². The lowest BCUT2D eigenvalue weighted by atomic mass is 10.0. The number of hydrogen-bond acceptors (Lipinski definition) is 2. The van der Waals surface area contributed by atoms with Crippen LogP contribution in [-0.2, 0) is 6.42 Å². The van der Waals surface area contributed by atoms with Crippen LogP contribution in [0.2, 0.25) is 0 Å². The highest BCUT2D eigenvalue weighted by atomic mass is 16.1. The molecule has 2 aromatic rings. The molecular weight excluding hydrogens is 246 g/mol. The average molecular weight is 267 g/mol. The molecule has 2 aromatic carbocycles. The van der Waals surface area contributed by atoms with E-state index in [9.17, 15) is 4.79 Å². The number of carbonyl (C=O) groups excluding carboxylic acids is 1. The largest absolute Gasteiger partial charge is 0.378 e. The lowest BCUT2D eigenvalue weighted by Crippen LogP contribution is -2.14. The van der Waals surface area contributed by atoms with Gasteiger partial charge in [-0.2, -0.15) is 0 Å². The molecule has 0 bridgehead atoms. The molecule has 2 heteroatoms. The molecule has 0 atom stereocenters. The molecule has 0 saturated heterocycles. The molecule has 0 aromatic heterocycles. The van der Waals surface area contributed by atoms with E-state index in [4.69, 9.17) is 0 Å². The van der Waals surface area contributed by atoms with Crippen LogP contribution in [0.25, 0.3) is 0 Å². The first-order chi connectivity index (χ1) is 9.60. The molecular formula is C18H21NO. The van der Waals surface area contributed by atoms with Gasteiger partial charge < -0.3 is 5.32 Å². The van der Waals surface area contributed by atoms with Crippen LogP contribution in [-0.4, -0.2) is 12.3 Å². The summed E-state index contributed by atoms with van der Waals surface area (Å²) < 4.78 is 0. The molecule has 0 aliphatic carbocycles. The third-order valence-corrected chi connectivity index (χ3v) is 3.64. The molecule has 2 nitrogen and oxygen atoms in total. The quantitative estimate of drug-likeness (QED) is 0.824. The lowest BCUT2D eigenvalue weighted by molar-refractivity contribution is 0.101. The molecule has 0 aliphatic heterocycles. The topological polar surface area (TPSA) is 29.1 Å². The summed E-state index contributed by atoms with van der Waals surface area (Å²) in [4.78, 5) is 12.1. The molecule has 0 saturated carbocycles. The zero-order valence-electron chi connectivity index (χ0n) is 12.4. The maximum absolute atomic E-state index is 12.1. The molecule has 0 radical (unpaired) electrons. The molecule has 104 valence electrons. The molecule has 20 heavy (non-hydrogen) atoms. The fourth-order valence-electron chi connectivity index (χ4n) is 2.06. The summed E-state index contributed by atoms with van der Waals surface area (Å²) in [5, 5.41) is 3.18. The van der Waals surface area contributed by atoms with Crippen LogP contribution in [0.3, 0.4) is 0 Å². The molecule has 0 heterocycles. The van der Waals surface area contributed by atoms with Crippen molar-refractivity contribution in [3.8, 4) is 0 Å². The number of carbonyl (C=O) groups is 1. The van der Waals surface area contributed by atoms with E-state index in [2.05, 4.69) is 31.3 Å². The zero-order valence-corrected chi connectivity index (χ0v) is 12.4. The third-order valence-electron chi connectivity index (χ3n) is 3.64. The second-order valence-electron chi connectivity index (χ2n) is 5.13. The van der Waals surface area contributed by atoms with Crippen molar-refractivity contribution in [3.05, 3.63) is 64.7 Å². The SMILES string of the molecule is CCc1ccc(NCC(=O)c2ccc(C)c(C)c2)cc1. The van der Waals surface area contributed by atoms with Crippen molar-refractivity contribution >= 4 is 11.5 Å². The van der Waals surface area contributed by atoms with E-state index in [0.717, 1.165) is 23.2 Å². The van der Waals surface area contributed by atoms with Gasteiger partial charge in [0, 0.05) is 11.3 Å². The molecule has 2 rings (SSSR count). The van der Waals surface area contributed by atoms with Gasteiger partial charge in [0.25, 0.3) is 0 Å². The standard InChI is InChI=1S/C18H21NO/c1-4-15-6-9-17(10-7-15)19-12-18(20)16-8-5-13(2)14(3)11-16/h5-11,19H,4,12H2,1-3H3. The van der Waals surface area contributed by atoms with Crippen LogP contribution in [0.15, 0.2) is 42.5 Å². The Labute approximate surface area is 120 Å². The average Bonchev–Trinajstić information content (AvgIpc) is 2.48. The number of hydrogen-bond donors (Lipinski definition) is 1. The molecule has 1 N–H and O–H groups in total. The summed E-state index contributed by atoms with van der Waals surface area (Å²) in [5.74, 6) is 0.118. The number of anilines is 1. The van der Waals surface area contributed by atoms with Gasteiger partial charge in [0.2, 0.25) is 0 Å². The normalized spacial score (nSPS) is 10.3. The van der Waals surface area contributed by atoms with Crippen molar-refractivity contribution in [1.29, 1.82) is 0 Å². The number of aryl methyl sites for hydroxylation is 3. The summed E-state index contributed by atoms with van der Waals surface area (Å²) in [6.45, 7) is 6.54. The fourth-order valence-corrected chi connectivity index (χ4v) is 2.06. The van der Waals surface area contributed by atoms with Gasteiger partial charge in [0.15, 0.2) is 5.78 Å². The Balaban J connectivity index is 1.98. The van der Waals surface area contributed by atoms with Gasteiger partial charge in [0.1, 0.15) is 0 Å². The van der Waals surface area contributed by atoms with Crippen molar-refractivity contribution in [2.24, 2.45) is 0 Å². The Hall–Kier alpha value is -2.09. The Morgan fingerprint density at radius 3 is 2.30 bits per heavy atom. The highest BCUT2D eigenvalue weighted by molar-refractivity contribution is 5.99. The first-order valence-corrected chi connectivity index (χ1v) is 7.03. The van der Waals surface area contributed by atoms with Crippen molar-refractivity contribution in [3.63, 3.8) is 0 Å². The Morgan fingerprint density at radius 2 is 1.70 bits per heavy atom. The van der Waals surface area contributed by atoms with Crippen LogP contribution in [0, 0.1) is 13.8 Å². The highest BCUT2D eigenvalue weighted by Gasteiger charge is 2.06. The van der Waals surface area contributed by atoms with Gasteiger partial charge in [0.05, 0.1) is 6.54 Å². The van der Waals surface area contributed by atoms with E-state index < -0.39 is 0 Å². The van der Waals surface area contributed by atoms with E-state index in [-0.39, 0.29) is 5.78 Å². The summed E-state index contributed by atoms with van der Waals surface area (Å²) in [5.41, 5.74) is 5.43. The summed E-state index contributed by atoms with van der Waals surface area (Å²) in [6, 6.07) is 14.1. The van der Waals surface area contributed by atoms with Crippen molar-refractivity contribution in [2.75, 3.05) is 11.9 Å². The number of ketones is 1. The minimum atomic E-state index is 0.118. The van der Waals surface area contributed by atoms with Gasteiger partial charge in [-0.25, -0.2) is 0 Å². The number of benzene rings is 2. The smallest absolute Gasteiger partial charge is 0.181 e. The molecule has 0 fully saturated rings. The molecule has 0 amide bonds. The minimum Gasteiger partial charge on any atom is -0.378 e. The number of Topliss-reactive ketones (excluding diaryl/α,β-unsaturated/α-hetero) is 1. The fraction of sp³-hybridized carbons (Fsp3) is 0.278. The van der Waals surface area contributed by atoms with Gasteiger partial charge in [-0.05, 0) is 55.2 Å². The zero-order chi connectivity index (χ0) is 14.5. The van der Waals surface area contributed by atoms with E-state index in [1.807, 2.05) is 37.3 Å². The Morgan fingerprint density at radius 1 is 1.00 bits per heavy atom. The monoisotopic (exact) mass is 267 g/mol. The summed E-state index contributed by atoms with van der Waals surface area (Å²) >= 11 is 0. The van der Waals surface area contributed by atoms with Gasteiger partial charge in [-0.1, -0.05) is 31.2 Å². The van der Waals surface area contributed by atoms with Crippen LogP contribution >= 0.6 is 0 Å². The third kappa shape index (κ3) is 3.47. The predicted molar refractivity (Wildman–Crippen MR) is 84.6 cm³/mol.